The molecule has 0 spiro atoms. The van der Waals surface area contributed by atoms with Crippen LogP contribution in [0.2, 0.25) is 0 Å². The van der Waals surface area contributed by atoms with Gasteiger partial charge in [-0.15, -0.1) is 0 Å². The zero-order chi connectivity index (χ0) is 17.3. The van der Waals surface area contributed by atoms with Crippen LogP contribution in [0.25, 0.3) is 17.4 Å². The molecular weight excluding hydrogens is 346 g/mol. The third-order valence-corrected chi connectivity index (χ3v) is 4.94. The predicted octanol–water partition coefficient (Wildman–Crippen LogP) is 3.87. The van der Waals surface area contributed by atoms with E-state index in [1.807, 2.05) is 6.92 Å². The van der Waals surface area contributed by atoms with E-state index in [9.17, 15) is 9.59 Å². The highest BCUT2D eigenvalue weighted by molar-refractivity contribution is 8.26. The zero-order valence-corrected chi connectivity index (χ0v) is 14.3. The van der Waals surface area contributed by atoms with Crippen molar-refractivity contribution in [2.45, 2.75) is 6.92 Å². The molecule has 0 saturated carbocycles. The summed E-state index contributed by atoms with van der Waals surface area (Å²) >= 11 is 6.47. The number of hydrogen-bond donors (Lipinski definition) is 1. The third kappa shape index (κ3) is 3.00. The van der Waals surface area contributed by atoms with Crippen LogP contribution in [0.1, 0.15) is 22.8 Å². The number of carbonyl (C=O) groups excluding carboxylic acids is 1. The summed E-state index contributed by atoms with van der Waals surface area (Å²) in [6.45, 7) is 2.41. The fourth-order valence-corrected chi connectivity index (χ4v) is 3.72. The van der Waals surface area contributed by atoms with Gasteiger partial charge < -0.3 is 9.52 Å². The molecule has 0 radical (unpaired) electrons. The maximum absolute atomic E-state index is 12.3. The van der Waals surface area contributed by atoms with Gasteiger partial charge in [0.2, 0.25) is 0 Å². The van der Waals surface area contributed by atoms with Gasteiger partial charge in [-0.2, -0.15) is 0 Å². The van der Waals surface area contributed by atoms with Gasteiger partial charge in [0.25, 0.3) is 5.91 Å². The zero-order valence-electron chi connectivity index (χ0n) is 12.7. The van der Waals surface area contributed by atoms with Gasteiger partial charge >= 0.3 is 5.97 Å². The number of nitrogens with zero attached hydrogens (tertiary/aromatic N) is 1. The molecule has 122 valence electrons. The Hall–Kier alpha value is -2.38. The molecule has 24 heavy (non-hydrogen) atoms. The second-order valence-corrected chi connectivity index (χ2v) is 6.69. The van der Waals surface area contributed by atoms with Crippen molar-refractivity contribution in [2.24, 2.45) is 0 Å². The van der Waals surface area contributed by atoms with Crippen molar-refractivity contribution in [3.8, 4) is 11.3 Å². The van der Waals surface area contributed by atoms with Crippen LogP contribution in [0.5, 0.6) is 0 Å². The Morgan fingerprint density at radius 1 is 1.33 bits per heavy atom. The fraction of sp³-hybridized carbons (Fsp3) is 0.118. The first-order valence-corrected chi connectivity index (χ1v) is 8.40. The lowest BCUT2D eigenvalue weighted by Crippen LogP contribution is -2.27. The minimum Gasteiger partial charge on any atom is -0.478 e. The molecule has 3 rings (SSSR count). The molecule has 0 unspecified atom stereocenters. The van der Waals surface area contributed by atoms with Crippen LogP contribution in [0.15, 0.2) is 45.9 Å². The molecule has 1 saturated heterocycles. The maximum Gasteiger partial charge on any atom is 0.335 e. The average molecular weight is 359 g/mol. The summed E-state index contributed by atoms with van der Waals surface area (Å²) in [7, 11) is 0. The van der Waals surface area contributed by atoms with Crippen LogP contribution in [0.4, 0.5) is 0 Å². The Morgan fingerprint density at radius 3 is 2.62 bits per heavy atom. The Morgan fingerprint density at radius 2 is 2.04 bits per heavy atom. The molecule has 1 aromatic heterocycles. The van der Waals surface area contributed by atoms with Crippen molar-refractivity contribution in [3.05, 3.63) is 52.6 Å². The van der Waals surface area contributed by atoms with Gasteiger partial charge in [0.05, 0.1) is 16.7 Å². The van der Waals surface area contributed by atoms with E-state index in [0.29, 0.717) is 21.5 Å². The van der Waals surface area contributed by atoms with Gasteiger partial charge in [0.1, 0.15) is 10.1 Å². The fourth-order valence-electron chi connectivity index (χ4n) is 2.35. The molecule has 2 aromatic rings. The molecule has 2 heterocycles. The van der Waals surface area contributed by atoms with Gasteiger partial charge in [-0.1, -0.05) is 36.1 Å². The Balaban J connectivity index is 1.94. The number of thioether (sulfide) groups is 1. The van der Waals surface area contributed by atoms with Crippen molar-refractivity contribution < 1.29 is 19.1 Å². The largest absolute Gasteiger partial charge is 0.478 e. The molecule has 7 heteroatoms. The molecule has 5 nitrogen and oxygen atoms in total. The first kappa shape index (κ1) is 16.5. The number of amides is 1. The minimum absolute atomic E-state index is 0.110. The minimum atomic E-state index is -0.982. The van der Waals surface area contributed by atoms with Crippen molar-refractivity contribution in [1.82, 2.24) is 4.90 Å². The molecule has 1 aliphatic heterocycles. The molecule has 1 aliphatic rings. The lowest BCUT2D eigenvalue weighted by molar-refractivity contribution is -0.121. The van der Waals surface area contributed by atoms with Crippen LogP contribution in [0.3, 0.4) is 0 Å². The van der Waals surface area contributed by atoms with Gasteiger partial charge in [-0.25, -0.2) is 4.79 Å². The number of rotatable bonds is 4. The number of likely N-dealkylation sites (N-methyl/N-ethyl adjacent to an activating group) is 1. The Bertz CT molecular complexity index is 852. The summed E-state index contributed by atoms with van der Waals surface area (Å²) in [6.07, 6.45) is 3.28. The monoisotopic (exact) mass is 359 g/mol. The van der Waals surface area contributed by atoms with E-state index in [4.69, 9.17) is 21.7 Å². The number of benzene rings is 1. The van der Waals surface area contributed by atoms with Crippen LogP contribution < -0.4 is 0 Å². The lowest BCUT2D eigenvalue weighted by atomic mass is 10.1. The van der Waals surface area contributed by atoms with Gasteiger partial charge in [0.15, 0.2) is 0 Å². The normalized spacial score (nSPS) is 16.2. The quantitative estimate of drug-likeness (QED) is 0.660. The number of carboxylic acids is 1. The molecule has 1 aromatic carbocycles. The molecular formula is C17H13NO4S2. The van der Waals surface area contributed by atoms with Crippen LogP contribution in [-0.2, 0) is 4.79 Å². The molecule has 0 atom stereocenters. The predicted molar refractivity (Wildman–Crippen MR) is 96.7 cm³/mol. The van der Waals surface area contributed by atoms with E-state index in [1.165, 1.54) is 30.2 Å². The summed E-state index contributed by atoms with van der Waals surface area (Å²) in [4.78, 5) is 25.3. The number of thiocarbonyl (C=S) groups is 1. The molecule has 0 bridgehead atoms. The number of carboxylic acid groups (broad SMARTS) is 1. The first-order chi connectivity index (χ1) is 11.5. The van der Waals surface area contributed by atoms with Crippen molar-refractivity contribution in [1.29, 1.82) is 0 Å². The summed E-state index contributed by atoms with van der Waals surface area (Å²) < 4.78 is 6.06. The highest BCUT2D eigenvalue weighted by Crippen LogP contribution is 2.35. The van der Waals surface area contributed by atoms with Gasteiger partial charge in [-0.3, -0.25) is 9.69 Å². The highest BCUT2D eigenvalue weighted by Gasteiger charge is 2.31. The standard InChI is InChI=1S/C17H13NO4S2/c1-2-18-15(19)13(24-17(18)23)9-12-7-8-22-14(12)10-3-5-11(6-4-10)16(20)21/h3-9H,2H2,1H3,(H,20,21). The van der Waals surface area contributed by atoms with Crippen molar-refractivity contribution in [3.63, 3.8) is 0 Å². The summed E-state index contributed by atoms with van der Waals surface area (Å²) in [5.41, 5.74) is 1.69. The molecule has 1 fully saturated rings. The summed E-state index contributed by atoms with van der Waals surface area (Å²) in [5, 5.41) is 8.96. The van der Waals surface area contributed by atoms with E-state index >= 15 is 0 Å². The number of furan rings is 1. The maximum atomic E-state index is 12.3. The molecule has 0 aliphatic carbocycles. The van der Waals surface area contributed by atoms with Crippen LogP contribution >= 0.6 is 24.0 Å². The van der Waals surface area contributed by atoms with Gasteiger partial charge in [-0.05, 0) is 31.2 Å². The smallest absolute Gasteiger partial charge is 0.335 e. The van der Waals surface area contributed by atoms with E-state index in [-0.39, 0.29) is 11.5 Å². The lowest BCUT2D eigenvalue weighted by Gasteiger charge is -2.09. The third-order valence-electron chi connectivity index (χ3n) is 3.57. The van der Waals surface area contributed by atoms with Crippen LogP contribution in [0, 0.1) is 0 Å². The van der Waals surface area contributed by atoms with Crippen molar-refractivity contribution in [2.75, 3.05) is 6.54 Å². The summed E-state index contributed by atoms with van der Waals surface area (Å²) in [5.74, 6) is -0.515. The van der Waals surface area contributed by atoms with E-state index in [1.54, 1.807) is 29.2 Å². The second-order valence-electron chi connectivity index (χ2n) is 5.01. The first-order valence-electron chi connectivity index (χ1n) is 7.18. The van der Waals surface area contributed by atoms with Gasteiger partial charge in [0, 0.05) is 17.7 Å². The number of hydrogen-bond acceptors (Lipinski definition) is 5. The van der Waals surface area contributed by atoms with Crippen LogP contribution in [-0.4, -0.2) is 32.7 Å². The van der Waals surface area contributed by atoms with E-state index < -0.39 is 5.97 Å². The Labute approximate surface area is 148 Å². The van der Waals surface area contributed by atoms with Crippen molar-refractivity contribution >= 4 is 46.3 Å². The summed E-state index contributed by atoms with van der Waals surface area (Å²) in [6, 6.07) is 8.15. The average Bonchev–Trinajstić information content (AvgIpc) is 3.12. The second kappa shape index (κ2) is 6.62. The number of aromatic carboxylic acids is 1. The van der Waals surface area contributed by atoms with E-state index in [0.717, 1.165) is 11.1 Å². The topological polar surface area (TPSA) is 70.8 Å². The molecule has 1 amide bonds. The highest BCUT2D eigenvalue weighted by atomic mass is 32.2. The SMILES string of the molecule is CCN1C(=O)C(=Cc2ccoc2-c2ccc(C(=O)O)cc2)SC1=S. The number of carbonyl (C=O) groups is 2. The molecule has 1 N–H and O–H groups in total. The Kier molecular flexibility index (Phi) is 4.55. The van der Waals surface area contributed by atoms with E-state index in [2.05, 4.69) is 0 Å².